The van der Waals surface area contributed by atoms with E-state index in [0.717, 1.165) is 5.56 Å². The smallest absolute Gasteiger partial charge is 0.131 e. The molecule has 1 atom stereocenters. The topological polar surface area (TPSA) is 35.2 Å². The number of hydrogen-bond donors (Lipinski definition) is 1. The van der Waals surface area contributed by atoms with E-state index in [1.807, 2.05) is 0 Å². The normalized spacial score (nSPS) is 12.2. The minimum absolute atomic E-state index is 0.320. The van der Waals surface area contributed by atoms with Crippen molar-refractivity contribution in [3.63, 3.8) is 0 Å². The van der Waals surface area contributed by atoms with Crippen molar-refractivity contribution in [3.05, 3.63) is 65.2 Å². The van der Waals surface area contributed by atoms with Crippen LogP contribution < -0.4 is 10.5 Å². The van der Waals surface area contributed by atoms with Crippen molar-refractivity contribution in [1.29, 1.82) is 0 Å². The predicted octanol–water partition coefficient (Wildman–Crippen LogP) is 3.22. The van der Waals surface area contributed by atoms with E-state index in [4.69, 9.17) is 10.5 Å². The molecule has 0 aliphatic carbocycles. The molecule has 0 bridgehead atoms. The molecule has 0 saturated carbocycles. The van der Waals surface area contributed by atoms with E-state index in [0.29, 0.717) is 17.7 Å². The molecule has 0 aliphatic rings. The lowest BCUT2D eigenvalue weighted by molar-refractivity contribution is 0.410. The molecule has 0 spiro atoms. The molecule has 0 aromatic heterocycles. The van der Waals surface area contributed by atoms with E-state index >= 15 is 0 Å². The van der Waals surface area contributed by atoms with Gasteiger partial charge in [-0.3, -0.25) is 0 Å². The third-order valence-corrected chi connectivity index (χ3v) is 2.95. The highest BCUT2D eigenvalue weighted by atomic mass is 19.1. The third kappa shape index (κ3) is 3.29. The fourth-order valence-electron chi connectivity index (χ4n) is 1.96. The molecule has 19 heavy (non-hydrogen) atoms. The minimum atomic E-state index is -0.521. The van der Waals surface area contributed by atoms with Gasteiger partial charge >= 0.3 is 0 Å². The molecule has 0 radical (unpaired) electrons. The average Bonchev–Trinajstić information content (AvgIpc) is 2.38. The number of ether oxygens (including phenoxy) is 1. The molecule has 2 aromatic carbocycles. The zero-order valence-corrected chi connectivity index (χ0v) is 10.6. The van der Waals surface area contributed by atoms with Crippen molar-refractivity contribution < 1.29 is 13.5 Å². The van der Waals surface area contributed by atoms with Gasteiger partial charge in [-0.05, 0) is 30.2 Å². The summed E-state index contributed by atoms with van der Waals surface area (Å²) in [5, 5.41) is 0. The van der Waals surface area contributed by atoms with E-state index in [1.54, 1.807) is 24.3 Å². The van der Waals surface area contributed by atoms with Crippen molar-refractivity contribution in [2.45, 2.75) is 12.5 Å². The summed E-state index contributed by atoms with van der Waals surface area (Å²) in [6, 6.07) is 10.2. The number of methoxy groups -OCH3 is 1. The summed E-state index contributed by atoms with van der Waals surface area (Å²) in [6.07, 6.45) is 0.376. The van der Waals surface area contributed by atoms with Crippen molar-refractivity contribution in [2.24, 2.45) is 5.73 Å². The van der Waals surface area contributed by atoms with Gasteiger partial charge in [0.2, 0.25) is 0 Å². The summed E-state index contributed by atoms with van der Waals surface area (Å²) in [7, 11) is 1.47. The zero-order valence-electron chi connectivity index (χ0n) is 10.6. The summed E-state index contributed by atoms with van der Waals surface area (Å²) in [5.41, 5.74) is 7.10. The first-order chi connectivity index (χ1) is 9.10. The minimum Gasteiger partial charge on any atom is -0.497 e. The molecule has 1 unspecified atom stereocenters. The second kappa shape index (κ2) is 5.80. The van der Waals surface area contributed by atoms with Gasteiger partial charge in [0.25, 0.3) is 0 Å². The Morgan fingerprint density at radius 1 is 1.16 bits per heavy atom. The summed E-state index contributed by atoms with van der Waals surface area (Å²) >= 11 is 0. The van der Waals surface area contributed by atoms with E-state index in [-0.39, 0.29) is 5.82 Å². The van der Waals surface area contributed by atoms with Crippen LogP contribution in [-0.2, 0) is 6.42 Å². The van der Waals surface area contributed by atoms with Crippen LogP contribution in [0.1, 0.15) is 17.2 Å². The Morgan fingerprint density at radius 3 is 2.58 bits per heavy atom. The molecule has 0 saturated heterocycles. The second-order valence-electron chi connectivity index (χ2n) is 4.33. The van der Waals surface area contributed by atoms with Gasteiger partial charge in [-0.1, -0.05) is 18.2 Å². The summed E-state index contributed by atoms with van der Waals surface area (Å²) in [4.78, 5) is 0. The van der Waals surface area contributed by atoms with Crippen LogP contribution in [0.15, 0.2) is 42.5 Å². The molecular weight excluding hydrogens is 248 g/mol. The van der Waals surface area contributed by atoms with E-state index in [9.17, 15) is 8.78 Å². The molecule has 4 heteroatoms. The fraction of sp³-hybridized carbons (Fsp3) is 0.200. The highest BCUT2D eigenvalue weighted by molar-refractivity contribution is 5.32. The van der Waals surface area contributed by atoms with Crippen LogP contribution in [0.25, 0.3) is 0 Å². The Hall–Kier alpha value is -1.94. The Labute approximate surface area is 110 Å². The van der Waals surface area contributed by atoms with E-state index in [2.05, 4.69) is 0 Å². The van der Waals surface area contributed by atoms with Gasteiger partial charge in [-0.25, -0.2) is 8.78 Å². The lowest BCUT2D eigenvalue weighted by Crippen LogP contribution is -2.15. The van der Waals surface area contributed by atoms with Crippen LogP contribution in [0.2, 0.25) is 0 Å². The number of benzene rings is 2. The fourth-order valence-corrected chi connectivity index (χ4v) is 1.96. The number of halogens is 2. The molecule has 0 heterocycles. The maximum Gasteiger partial charge on any atom is 0.131 e. The molecule has 0 amide bonds. The molecule has 100 valence electrons. The number of nitrogens with two attached hydrogens (primary N) is 1. The van der Waals surface area contributed by atoms with Gasteiger partial charge in [-0.2, -0.15) is 0 Å². The largest absolute Gasteiger partial charge is 0.497 e. The van der Waals surface area contributed by atoms with Gasteiger partial charge in [0, 0.05) is 17.7 Å². The van der Waals surface area contributed by atoms with Crippen LogP contribution >= 0.6 is 0 Å². The lowest BCUT2D eigenvalue weighted by atomic mass is 9.99. The highest BCUT2D eigenvalue weighted by Crippen LogP contribution is 2.23. The number of rotatable bonds is 4. The summed E-state index contributed by atoms with van der Waals surface area (Å²) in [5.74, 6) is -0.289. The first kappa shape index (κ1) is 13.5. The zero-order chi connectivity index (χ0) is 13.8. The molecule has 2 nitrogen and oxygen atoms in total. The molecule has 2 rings (SSSR count). The van der Waals surface area contributed by atoms with Gasteiger partial charge in [0.1, 0.15) is 17.4 Å². The molecule has 2 N–H and O–H groups in total. The SMILES string of the molecule is COc1ccc(C(N)Cc2cccc(F)c2)c(F)c1. The second-order valence-corrected chi connectivity index (χ2v) is 4.33. The molecular formula is C15H15F2NO. The summed E-state index contributed by atoms with van der Waals surface area (Å²) < 4.78 is 31.8. The van der Waals surface area contributed by atoms with E-state index in [1.165, 1.54) is 25.3 Å². The van der Waals surface area contributed by atoms with Crippen LogP contribution in [0.3, 0.4) is 0 Å². The quantitative estimate of drug-likeness (QED) is 0.919. The van der Waals surface area contributed by atoms with Crippen LogP contribution in [0, 0.1) is 11.6 Å². The van der Waals surface area contributed by atoms with Crippen LogP contribution in [0.4, 0.5) is 8.78 Å². The van der Waals surface area contributed by atoms with Crippen molar-refractivity contribution in [3.8, 4) is 5.75 Å². The first-order valence-electron chi connectivity index (χ1n) is 5.93. The van der Waals surface area contributed by atoms with Crippen LogP contribution in [-0.4, -0.2) is 7.11 Å². The number of hydrogen-bond acceptors (Lipinski definition) is 2. The van der Waals surface area contributed by atoms with Crippen molar-refractivity contribution in [1.82, 2.24) is 0 Å². The Balaban J connectivity index is 2.18. The Bertz CT molecular complexity index is 572. The van der Waals surface area contributed by atoms with Crippen molar-refractivity contribution >= 4 is 0 Å². The first-order valence-corrected chi connectivity index (χ1v) is 5.93. The summed E-state index contributed by atoms with van der Waals surface area (Å²) in [6.45, 7) is 0. The highest BCUT2D eigenvalue weighted by Gasteiger charge is 2.13. The average molecular weight is 263 g/mol. The predicted molar refractivity (Wildman–Crippen MR) is 70.0 cm³/mol. The van der Waals surface area contributed by atoms with Gasteiger partial charge in [-0.15, -0.1) is 0 Å². The molecule has 0 fully saturated rings. The lowest BCUT2D eigenvalue weighted by Gasteiger charge is -2.14. The Morgan fingerprint density at radius 2 is 1.95 bits per heavy atom. The van der Waals surface area contributed by atoms with Gasteiger partial charge < -0.3 is 10.5 Å². The maximum atomic E-state index is 13.8. The standard InChI is InChI=1S/C15H15F2NO/c1-19-12-5-6-13(14(17)9-12)15(18)8-10-3-2-4-11(16)7-10/h2-7,9,15H,8,18H2,1H3. The van der Waals surface area contributed by atoms with Crippen LogP contribution in [0.5, 0.6) is 5.75 Å². The molecule has 0 aliphatic heterocycles. The van der Waals surface area contributed by atoms with Gasteiger partial charge in [0.15, 0.2) is 0 Å². The third-order valence-electron chi connectivity index (χ3n) is 2.95. The van der Waals surface area contributed by atoms with E-state index < -0.39 is 11.9 Å². The molecule has 2 aromatic rings. The monoisotopic (exact) mass is 263 g/mol. The Kier molecular flexibility index (Phi) is 4.12. The van der Waals surface area contributed by atoms with Gasteiger partial charge in [0.05, 0.1) is 7.11 Å². The maximum absolute atomic E-state index is 13.8. The van der Waals surface area contributed by atoms with Crippen molar-refractivity contribution in [2.75, 3.05) is 7.11 Å².